The summed E-state index contributed by atoms with van der Waals surface area (Å²) in [6.45, 7) is 2.23. The highest BCUT2D eigenvalue weighted by atomic mass is 35.5. The van der Waals surface area contributed by atoms with E-state index in [1.807, 2.05) is 6.07 Å². The number of amides is 1. The molecule has 2 fully saturated rings. The van der Waals surface area contributed by atoms with Crippen LogP contribution in [0.2, 0.25) is 0 Å². The highest BCUT2D eigenvalue weighted by molar-refractivity contribution is 5.85. The van der Waals surface area contributed by atoms with Gasteiger partial charge in [-0.2, -0.15) is 0 Å². The van der Waals surface area contributed by atoms with Crippen LogP contribution in [0.4, 0.5) is 0 Å². The SMILES string of the molecule is Cl.NC1CCC(C(=O)NCC2(c3ccccc3)CCOCC2)C1. The maximum absolute atomic E-state index is 12.4. The third kappa shape index (κ3) is 4.25. The first-order valence-corrected chi connectivity index (χ1v) is 8.36. The largest absolute Gasteiger partial charge is 0.381 e. The Balaban J connectivity index is 0.00000192. The van der Waals surface area contributed by atoms with Gasteiger partial charge in [0.1, 0.15) is 0 Å². The van der Waals surface area contributed by atoms with Crippen molar-refractivity contribution in [1.82, 2.24) is 5.32 Å². The Morgan fingerprint density at radius 2 is 1.91 bits per heavy atom. The number of rotatable bonds is 4. The molecule has 2 atom stereocenters. The number of hydrogen-bond donors (Lipinski definition) is 2. The third-order valence-electron chi connectivity index (χ3n) is 5.28. The van der Waals surface area contributed by atoms with Crippen molar-refractivity contribution in [3.05, 3.63) is 35.9 Å². The van der Waals surface area contributed by atoms with Crippen molar-refractivity contribution in [3.8, 4) is 0 Å². The number of hydrogen-bond acceptors (Lipinski definition) is 3. The molecule has 0 bridgehead atoms. The maximum Gasteiger partial charge on any atom is 0.223 e. The standard InChI is InChI=1S/C18H26N2O2.ClH/c19-16-7-6-14(12-16)17(21)20-13-18(8-10-22-11-9-18)15-4-2-1-3-5-15;/h1-5,14,16H,6-13,19H2,(H,20,21);1H. The van der Waals surface area contributed by atoms with E-state index in [4.69, 9.17) is 10.5 Å². The lowest BCUT2D eigenvalue weighted by atomic mass is 9.74. The van der Waals surface area contributed by atoms with Crippen LogP contribution in [0, 0.1) is 5.92 Å². The summed E-state index contributed by atoms with van der Waals surface area (Å²) in [4.78, 5) is 12.4. The summed E-state index contributed by atoms with van der Waals surface area (Å²) < 4.78 is 5.54. The molecule has 1 aromatic carbocycles. The lowest BCUT2D eigenvalue weighted by Crippen LogP contribution is -2.45. The number of nitrogens with two attached hydrogens (primary N) is 1. The number of halogens is 1. The van der Waals surface area contributed by atoms with Crippen molar-refractivity contribution in [2.45, 2.75) is 43.6 Å². The first-order valence-electron chi connectivity index (χ1n) is 8.36. The van der Waals surface area contributed by atoms with Crippen LogP contribution in [0.1, 0.15) is 37.7 Å². The van der Waals surface area contributed by atoms with Gasteiger partial charge in [-0.1, -0.05) is 30.3 Å². The van der Waals surface area contributed by atoms with E-state index >= 15 is 0 Å². The predicted octanol–water partition coefficient (Wildman–Crippen LogP) is 2.40. The van der Waals surface area contributed by atoms with Gasteiger partial charge in [0.2, 0.25) is 5.91 Å². The number of carbonyl (C=O) groups is 1. The monoisotopic (exact) mass is 338 g/mol. The highest BCUT2D eigenvalue weighted by Crippen LogP contribution is 2.34. The number of ether oxygens (including phenoxy) is 1. The molecule has 1 saturated heterocycles. The van der Waals surface area contributed by atoms with Gasteiger partial charge in [-0.05, 0) is 37.7 Å². The zero-order valence-electron chi connectivity index (χ0n) is 13.5. The topological polar surface area (TPSA) is 64.4 Å². The minimum absolute atomic E-state index is 0. The molecule has 5 heteroatoms. The maximum atomic E-state index is 12.4. The Morgan fingerprint density at radius 3 is 2.52 bits per heavy atom. The Bertz CT molecular complexity index is 503. The lowest BCUT2D eigenvalue weighted by Gasteiger charge is -2.38. The van der Waals surface area contributed by atoms with Crippen molar-refractivity contribution < 1.29 is 9.53 Å². The van der Waals surface area contributed by atoms with Gasteiger partial charge in [0.05, 0.1) is 0 Å². The molecule has 1 saturated carbocycles. The second-order valence-electron chi connectivity index (χ2n) is 6.75. The van der Waals surface area contributed by atoms with Gasteiger partial charge >= 0.3 is 0 Å². The van der Waals surface area contributed by atoms with Gasteiger partial charge in [0, 0.05) is 37.1 Å². The molecule has 0 radical (unpaired) electrons. The quantitative estimate of drug-likeness (QED) is 0.886. The average Bonchev–Trinajstić information content (AvgIpc) is 3.01. The summed E-state index contributed by atoms with van der Waals surface area (Å²) in [7, 11) is 0. The molecule has 0 spiro atoms. The number of carbonyl (C=O) groups excluding carboxylic acids is 1. The summed E-state index contributed by atoms with van der Waals surface area (Å²) in [6.07, 6.45) is 4.64. The smallest absolute Gasteiger partial charge is 0.223 e. The molecule has 1 aliphatic heterocycles. The highest BCUT2D eigenvalue weighted by Gasteiger charge is 2.36. The zero-order chi connectivity index (χ0) is 15.4. The first-order chi connectivity index (χ1) is 10.7. The third-order valence-corrected chi connectivity index (χ3v) is 5.28. The van der Waals surface area contributed by atoms with Gasteiger partial charge < -0.3 is 15.8 Å². The van der Waals surface area contributed by atoms with Crippen molar-refractivity contribution in [1.29, 1.82) is 0 Å². The van der Waals surface area contributed by atoms with Crippen LogP contribution in [0.5, 0.6) is 0 Å². The molecule has 1 heterocycles. The fraction of sp³-hybridized carbons (Fsp3) is 0.611. The van der Waals surface area contributed by atoms with Crippen molar-refractivity contribution in [2.75, 3.05) is 19.8 Å². The molecule has 3 N–H and O–H groups in total. The van der Waals surface area contributed by atoms with Crippen LogP contribution < -0.4 is 11.1 Å². The molecule has 1 aromatic rings. The Labute approximate surface area is 144 Å². The molecule has 1 amide bonds. The van der Waals surface area contributed by atoms with Gasteiger partial charge in [0.25, 0.3) is 0 Å². The van der Waals surface area contributed by atoms with Gasteiger partial charge in [-0.3, -0.25) is 4.79 Å². The zero-order valence-corrected chi connectivity index (χ0v) is 14.3. The molecular weight excluding hydrogens is 312 g/mol. The van der Waals surface area contributed by atoms with Crippen molar-refractivity contribution in [2.24, 2.45) is 11.7 Å². The minimum Gasteiger partial charge on any atom is -0.381 e. The van der Waals surface area contributed by atoms with Crippen LogP contribution in [-0.4, -0.2) is 31.7 Å². The summed E-state index contributed by atoms with van der Waals surface area (Å²) in [5, 5.41) is 3.20. The Kier molecular flexibility index (Phi) is 6.45. The summed E-state index contributed by atoms with van der Waals surface area (Å²) in [6, 6.07) is 10.7. The average molecular weight is 339 g/mol. The van der Waals surface area contributed by atoms with E-state index in [-0.39, 0.29) is 35.7 Å². The van der Waals surface area contributed by atoms with Gasteiger partial charge in [-0.25, -0.2) is 0 Å². The molecule has 0 aromatic heterocycles. The fourth-order valence-electron chi connectivity index (χ4n) is 3.78. The van der Waals surface area contributed by atoms with Gasteiger partial charge in [0.15, 0.2) is 0 Å². The Hall–Kier alpha value is -1.10. The lowest BCUT2D eigenvalue weighted by molar-refractivity contribution is -0.125. The van der Waals surface area contributed by atoms with Crippen LogP contribution >= 0.6 is 12.4 Å². The fourth-order valence-corrected chi connectivity index (χ4v) is 3.78. The molecule has 1 aliphatic carbocycles. The summed E-state index contributed by atoms with van der Waals surface area (Å²) >= 11 is 0. The van der Waals surface area contributed by atoms with E-state index in [0.29, 0.717) is 6.54 Å². The Morgan fingerprint density at radius 1 is 1.22 bits per heavy atom. The molecule has 23 heavy (non-hydrogen) atoms. The van der Waals surface area contributed by atoms with Crippen LogP contribution in [0.25, 0.3) is 0 Å². The van der Waals surface area contributed by atoms with Crippen LogP contribution in [0.15, 0.2) is 30.3 Å². The molecule has 3 rings (SSSR count). The van der Waals surface area contributed by atoms with E-state index in [0.717, 1.165) is 45.3 Å². The molecule has 128 valence electrons. The van der Waals surface area contributed by atoms with E-state index < -0.39 is 0 Å². The first kappa shape index (κ1) is 18.2. The normalized spacial score (nSPS) is 26.3. The molecule has 4 nitrogen and oxygen atoms in total. The second kappa shape index (κ2) is 8.13. The van der Waals surface area contributed by atoms with E-state index in [1.165, 1.54) is 5.56 Å². The minimum atomic E-state index is 0. The van der Waals surface area contributed by atoms with E-state index in [2.05, 4.69) is 29.6 Å². The summed E-state index contributed by atoms with van der Waals surface area (Å²) in [5.41, 5.74) is 7.24. The van der Waals surface area contributed by atoms with Crippen LogP contribution in [-0.2, 0) is 14.9 Å². The van der Waals surface area contributed by atoms with Crippen molar-refractivity contribution >= 4 is 18.3 Å². The predicted molar refractivity (Wildman–Crippen MR) is 93.7 cm³/mol. The van der Waals surface area contributed by atoms with E-state index in [9.17, 15) is 4.79 Å². The number of benzene rings is 1. The van der Waals surface area contributed by atoms with Crippen molar-refractivity contribution in [3.63, 3.8) is 0 Å². The number of nitrogens with one attached hydrogen (secondary N) is 1. The summed E-state index contributed by atoms with van der Waals surface area (Å²) in [5.74, 6) is 0.275. The van der Waals surface area contributed by atoms with E-state index in [1.54, 1.807) is 0 Å². The second-order valence-corrected chi connectivity index (χ2v) is 6.75. The van der Waals surface area contributed by atoms with Crippen LogP contribution in [0.3, 0.4) is 0 Å². The van der Waals surface area contributed by atoms with Gasteiger partial charge in [-0.15, -0.1) is 12.4 Å². The molecular formula is C18H27ClN2O2. The molecule has 2 unspecified atom stereocenters. The molecule has 2 aliphatic rings.